The number of nitro benzene ring substituents is 1. The number of nitriles is 1. The van der Waals surface area contributed by atoms with Crippen molar-refractivity contribution in [3.63, 3.8) is 0 Å². The van der Waals surface area contributed by atoms with Gasteiger partial charge in [-0.05, 0) is 30.7 Å². The minimum Gasteiger partial charge on any atom is -0.440 e. The molecule has 1 aliphatic heterocycles. The molecule has 0 aliphatic carbocycles. The molecule has 158 valence electrons. The van der Waals surface area contributed by atoms with E-state index in [2.05, 4.69) is 0 Å². The van der Waals surface area contributed by atoms with Crippen molar-refractivity contribution in [3.05, 3.63) is 111 Å². The smallest absolute Gasteiger partial charge is 0.343 e. The highest BCUT2D eigenvalue weighted by molar-refractivity contribution is 5.91. The summed E-state index contributed by atoms with van der Waals surface area (Å²) in [6, 6.07) is 19.7. The number of benzene rings is 3. The van der Waals surface area contributed by atoms with Gasteiger partial charge in [0.25, 0.3) is 5.69 Å². The molecule has 8 heteroatoms. The Balaban J connectivity index is 1.71. The summed E-state index contributed by atoms with van der Waals surface area (Å²) in [5.41, 5.74) is 8.53. The fourth-order valence-electron chi connectivity index (χ4n) is 3.52. The first-order valence-electron chi connectivity index (χ1n) is 9.62. The van der Waals surface area contributed by atoms with Gasteiger partial charge in [-0.2, -0.15) is 5.26 Å². The maximum absolute atomic E-state index is 12.4. The quantitative estimate of drug-likeness (QED) is 0.284. The Bertz CT molecular complexity index is 1310. The predicted octanol–water partition coefficient (Wildman–Crippen LogP) is 4.34. The molecule has 2 N–H and O–H groups in total. The summed E-state index contributed by atoms with van der Waals surface area (Å²) in [5.74, 6) is -0.770. The first-order chi connectivity index (χ1) is 15.4. The zero-order valence-electron chi connectivity index (χ0n) is 16.9. The lowest BCUT2D eigenvalue weighted by molar-refractivity contribution is -0.384. The number of hydrogen-bond donors (Lipinski definition) is 1. The minimum atomic E-state index is -0.662. The minimum absolute atomic E-state index is 0.102. The molecule has 1 atom stereocenters. The van der Waals surface area contributed by atoms with Gasteiger partial charge in [-0.15, -0.1) is 0 Å². The van der Waals surface area contributed by atoms with Crippen LogP contribution in [0.1, 0.15) is 33.0 Å². The first-order valence-corrected chi connectivity index (χ1v) is 9.62. The third-order valence-electron chi connectivity index (χ3n) is 5.10. The zero-order valence-corrected chi connectivity index (χ0v) is 16.9. The van der Waals surface area contributed by atoms with E-state index in [1.54, 1.807) is 36.4 Å². The second kappa shape index (κ2) is 8.24. The Hall–Kier alpha value is -4.64. The number of nitrogens with zero attached hydrogens (tertiary/aromatic N) is 2. The summed E-state index contributed by atoms with van der Waals surface area (Å²) in [5, 5.41) is 20.9. The second-order valence-electron chi connectivity index (χ2n) is 7.23. The molecule has 0 bridgehead atoms. The number of esters is 1. The van der Waals surface area contributed by atoms with Gasteiger partial charge < -0.3 is 15.2 Å². The zero-order chi connectivity index (χ0) is 22.8. The lowest BCUT2D eigenvalue weighted by atomic mass is 9.83. The van der Waals surface area contributed by atoms with E-state index in [0.717, 1.165) is 5.56 Å². The van der Waals surface area contributed by atoms with Gasteiger partial charge in [0.2, 0.25) is 5.88 Å². The van der Waals surface area contributed by atoms with Crippen molar-refractivity contribution >= 4 is 11.7 Å². The van der Waals surface area contributed by atoms with Gasteiger partial charge in [-0.1, -0.05) is 35.9 Å². The van der Waals surface area contributed by atoms with E-state index in [1.807, 2.05) is 25.1 Å². The highest BCUT2D eigenvalue weighted by atomic mass is 16.6. The number of ether oxygens (including phenoxy) is 2. The van der Waals surface area contributed by atoms with Gasteiger partial charge in [-0.3, -0.25) is 10.1 Å². The van der Waals surface area contributed by atoms with Gasteiger partial charge in [0.05, 0.1) is 16.4 Å². The van der Waals surface area contributed by atoms with E-state index in [0.29, 0.717) is 22.4 Å². The Labute approximate surface area is 183 Å². The summed E-state index contributed by atoms with van der Waals surface area (Å²) in [7, 11) is 0. The molecule has 1 unspecified atom stereocenters. The van der Waals surface area contributed by atoms with Crippen LogP contribution >= 0.6 is 0 Å². The monoisotopic (exact) mass is 427 g/mol. The van der Waals surface area contributed by atoms with Crippen LogP contribution in [0, 0.1) is 28.4 Å². The van der Waals surface area contributed by atoms with Crippen molar-refractivity contribution in [1.29, 1.82) is 5.26 Å². The number of allylic oxidation sites excluding steroid dienone is 1. The summed E-state index contributed by atoms with van der Waals surface area (Å²) in [6.07, 6.45) is 0. The maximum Gasteiger partial charge on any atom is 0.343 e. The van der Waals surface area contributed by atoms with Crippen LogP contribution in [0.25, 0.3) is 0 Å². The Morgan fingerprint density at radius 3 is 2.59 bits per heavy atom. The summed E-state index contributed by atoms with van der Waals surface area (Å²) in [4.78, 5) is 23.1. The van der Waals surface area contributed by atoms with Gasteiger partial charge in [-0.25, -0.2) is 4.79 Å². The molecule has 0 amide bonds. The Kier molecular flexibility index (Phi) is 5.31. The lowest BCUT2D eigenvalue weighted by Gasteiger charge is -2.26. The molecular weight excluding hydrogens is 410 g/mol. The molecule has 8 nitrogen and oxygen atoms in total. The Morgan fingerprint density at radius 2 is 1.91 bits per heavy atom. The molecule has 0 fully saturated rings. The van der Waals surface area contributed by atoms with Crippen LogP contribution in [0.4, 0.5) is 5.69 Å². The van der Waals surface area contributed by atoms with E-state index < -0.39 is 16.8 Å². The van der Waals surface area contributed by atoms with E-state index in [-0.39, 0.29) is 22.9 Å². The molecule has 4 rings (SSSR count). The third-order valence-corrected chi connectivity index (χ3v) is 5.10. The highest BCUT2D eigenvalue weighted by Gasteiger charge is 2.32. The largest absolute Gasteiger partial charge is 0.440 e. The van der Waals surface area contributed by atoms with Gasteiger partial charge >= 0.3 is 5.97 Å². The van der Waals surface area contributed by atoms with Crippen molar-refractivity contribution in [3.8, 4) is 17.6 Å². The van der Waals surface area contributed by atoms with Crippen LogP contribution in [0.2, 0.25) is 0 Å². The van der Waals surface area contributed by atoms with Crippen LogP contribution < -0.4 is 15.2 Å². The second-order valence-corrected chi connectivity index (χ2v) is 7.23. The number of hydrogen-bond acceptors (Lipinski definition) is 7. The number of carbonyl (C=O) groups excluding carboxylic acids is 1. The SMILES string of the molecule is Cc1ccc(C(=O)Oc2ccc3c(c2)OC(N)=C(C#N)C3c2cccc([N+](=O)[O-])c2)cc1. The fraction of sp³-hybridized carbons (Fsp3) is 0.0833. The van der Waals surface area contributed by atoms with Crippen LogP contribution in [0.15, 0.2) is 78.2 Å². The highest BCUT2D eigenvalue weighted by Crippen LogP contribution is 2.44. The molecule has 1 aliphatic rings. The number of nitro groups is 1. The van der Waals surface area contributed by atoms with E-state index in [9.17, 15) is 20.2 Å². The number of fused-ring (bicyclic) bond motifs is 1. The van der Waals surface area contributed by atoms with Gasteiger partial charge in [0, 0.05) is 23.8 Å². The van der Waals surface area contributed by atoms with Crippen molar-refractivity contribution in [2.45, 2.75) is 12.8 Å². The van der Waals surface area contributed by atoms with Crippen molar-refractivity contribution in [2.75, 3.05) is 0 Å². The van der Waals surface area contributed by atoms with E-state index >= 15 is 0 Å². The van der Waals surface area contributed by atoms with Crippen molar-refractivity contribution < 1.29 is 19.2 Å². The summed E-state index contributed by atoms with van der Waals surface area (Å²) in [6.45, 7) is 1.92. The molecule has 3 aromatic rings. The van der Waals surface area contributed by atoms with Gasteiger partial charge in [0.15, 0.2) is 0 Å². The Morgan fingerprint density at radius 1 is 1.16 bits per heavy atom. The van der Waals surface area contributed by atoms with Crippen LogP contribution in [-0.4, -0.2) is 10.9 Å². The molecule has 1 heterocycles. The predicted molar refractivity (Wildman–Crippen MR) is 115 cm³/mol. The molecule has 32 heavy (non-hydrogen) atoms. The average molecular weight is 427 g/mol. The van der Waals surface area contributed by atoms with Crippen LogP contribution in [-0.2, 0) is 0 Å². The fourth-order valence-corrected chi connectivity index (χ4v) is 3.52. The van der Waals surface area contributed by atoms with Gasteiger partial charge in [0.1, 0.15) is 23.1 Å². The standard InChI is InChI=1S/C24H17N3O5/c1-14-5-7-15(8-6-14)24(28)31-18-9-10-19-21(12-18)32-23(26)20(13-25)22(19)16-3-2-4-17(11-16)27(29)30/h2-12,22H,26H2,1H3. The first kappa shape index (κ1) is 20.6. The average Bonchev–Trinajstić information content (AvgIpc) is 2.78. The number of aryl methyl sites for hydroxylation is 1. The van der Waals surface area contributed by atoms with Crippen molar-refractivity contribution in [1.82, 2.24) is 0 Å². The maximum atomic E-state index is 12.4. The number of rotatable bonds is 4. The van der Waals surface area contributed by atoms with E-state index in [1.165, 1.54) is 18.2 Å². The molecule has 0 radical (unpaired) electrons. The van der Waals surface area contributed by atoms with Crippen LogP contribution in [0.3, 0.4) is 0 Å². The topological polar surface area (TPSA) is 128 Å². The van der Waals surface area contributed by atoms with Crippen molar-refractivity contribution in [2.24, 2.45) is 5.73 Å². The normalized spacial score (nSPS) is 14.7. The molecule has 3 aromatic carbocycles. The molecule has 0 saturated carbocycles. The summed E-state index contributed by atoms with van der Waals surface area (Å²) < 4.78 is 11.1. The molecule has 0 spiro atoms. The summed E-state index contributed by atoms with van der Waals surface area (Å²) >= 11 is 0. The number of non-ortho nitro benzene ring substituents is 1. The lowest BCUT2D eigenvalue weighted by Crippen LogP contribution is -2.21. The number of nitrogens with two attached hydrogens (primary N) is 1. The molecule has 0 saturated heterocycles. The number of carbonyl (C=O) groups is 1. The third kappa shape index (κ3) is 3.87. The van der Waals surface area contributed by atoms with E-state index in [4.69, 9.17) is 15.2 Å². The molecular formula is C24H17N3O5. The molecule has 0 aromatic heterocycles. The van der Waals surface area contributed by atoms with Crippen LogP contribution in [0.5, 0.6) is 11.5 Å².